The molecule has 0 aromatic heterocycles. The molecule has 2 saturated heterocycles. The van der Waals surface area contributed by atoms with Crippen molar-refractivity contribution in [3.8, 4) is 5.75 Å². The van der Waals surface area contributed by atoms with Gasteiger partial charge >= 0.3 is 0 Å². The van der Waals surface area contributed by atoms with Crippen LogP contribution in [-0.4, -0.2) is 70.7 Å². The van der Waals surface area contributed by atoms with Crippen molar-refractivity contribution < 1.29 is 17.9 Å². The molecule has 0 N–H and O–H groups in total. The highest BCUT2D eigenvalue weighted by molar-refractivity contribution is 7.89. The van der Waals surface area contributed by atoms with Crippen LogP contribution in [0.25, 0.3) is 0 Å². The fourth-order valence-electron chi connectivity index (χ4n) is 3.16. The predicted octanol–water partition coefficient (Wildman–Crippen LogP) is 0.956. The summed E-state index contributed by atoms with van der Waals surface area (Å²) in [6.07, 6.45) is 0. The predicted molar refractivity (Wildman–Crippen MR) is 87.2 cm³/mol. The van der Waals surface area contributed by atoms with Gasteiger partial charge < -0.3 is 9.47 Å². The molecule has 2 heterocycles. The number of benzene rings is 1. The minimum absolute atomic E-state index is 0.378. The maximum Gasteiger partial charge on any atom is 0.243 e. The molecular formula is C16H24N2O4S. The Bertz CT molecular complexity index is 650. The Morgan fingerprint density at radius 2 is 1.96 bits per heavy atom. The van der Waals surface area contributed by atoms with Crippen LogP contribution in [0.3, 0.4) is 0 Å². The molecule has 3 rings (SSSR count). The molecule has 1 aromatic carbocycles. The third-order valence-electron chi connectivity index (χ3n) is 4.54. The molecule has 1 aromatic rings. The third-order valence-corrected chi connectivity index (χ3v) is 6.54. The second kappa shape index (κ2) is 6.76. The first-order chi connectivity index (χ1) is 11.0. The lowest BCUT2D eigenvalue weighted by atomic mass is 10.0. The highest BCUT2D eigenvalue weighted by Gasteiger charge is 2.38. The van der Waals surface area contributed by atoms with Crippen LogP contribution in [0.1, 0.15) is 5.56 Å². The lowest BCUT2D eigenvalue weighted by Gasteiger charge is -2.41. The number of hydrogen-bond donors (Lipinski definition) is 0. The summed E-state index contributed by atoms with van der Waals surface area (Å²) in [5.41, 5.74) is 0.723. The van der Waals surface area contributed by atoms with E-state index in [-0.39, 0.29) is 0 Å². The lowest BCUT2D eigenvalue weighted by Crippen LogP contribution is -2.54. The summed E-state index contributed by atoms with van der Waals surface area (Å²) in [5.74, 6) is 1.09. The molecule has 0 unspecified atom stereocenters. The minimum Gasteiger partial charge on any atom is -0.497 e. The fraction of sp³-hybridized carbons (Fsp3) is 0.625. The van der Waals surface area contributed by atoms with Gasteiger partial charge in [0.05, 0.1) is 25.2 Å². The Morgan fingerprint density at radius 3 is 2.57 bits per heavy atom. The van der Waals surface area contributed by atoms with Crippen LogP contribution < -0.4 is 4.74 Å². The number of ether oxygens (including phenoxy) is 2. The van der Waals surface area contributed by atoms with Crippen molar-refractivity contribution in [2.24, 2.45) is 5.92 Å². The first-order valence-electron chi connectivity index (χ1n) is 7.95. The Kier molecular flexibility index (Phi) is 4.91. The summed E-state index contributed by atoms with van der Waals surface area (Å²) < 4.78 is 37.5. The number of sulfonamides is 1. The van der Waals surface area contributed by atoms with Gasteiger partial charge in [0.1, 0.15) is 5.75 Å². The number of nitrogens with zero attached hydrogens (tertiary/aromatic N) is 2. The van der Waals surface area contributed by atoms with Crippen molar-refractivity contribution >= 4 is 10.0 Å². The fourth-order valence-corrected chi connectivity index (χ4v) is 4.96. The van der Waals surface area contributed by atoms with Crippen molar-refractivity contribution in [3.05, 3.63) is 23.8 Å². The van der Waals surface area contributed by atoms with E-state index in [9.17, 15) is 8.42 Å². The summed E-state index contributed by atoms with van der Waals surface area (Å²) in [6, 6.07) is 5.10. The van der Waals surface area contributed by atoms with Crippen molar-refractivity contribution in [3.63, 3.8) is 0 Å². The van der Waals surface area contributed by atoms with Crippen LogP contribution in [0.15, 0.2) is 23.1 Å². The molecule has 23 heavy (non-hydrogen) atoms. The van der Waals surface area contributed by atoms with Gasteiger partial charge in [-0.25, -0.2) is 8.42 Å². The van der Waals surface area contributed by atoms with Gasteiger partial charge in [-0.2, -0.15) is 4.31 Å². The number of hydrogen-bond acceptors (Lipinski definition) is 5. The molecule has 0 saturated carbocycles. The van der Waals surface area contributed by atoms with Crippen LogP contribution in [-0.2, 0) is 14.8 Å². The molecule has 7 heteroatoms. The molecule has 0 radical (unpaired) electrons. The van der Waals surface area contributed by atoms with E-state index in [0.717, 1.165) is 38.4 Å². The van der Waals surface area contributed by atoms with E-state index in [0.29, 0.717) is 29.7 Å². The molecule has 0 spiro atoms. The van der Waals surface area contributed by atoms with E-state index < -0.39 is 10.0 Å². The van der Waals surface area contributed by atoms with Crippen molar-refractivity contribution in [2.45, 2.75) is 11.8 Å². The van der Waals surface area contributed by atoms with Gasteiger partial charge in [0.2, 0.25) is 10.0 Å². The monoisotopic (exact) mass is 340 g/mol. The zero-order valence-corrected chi connectivity index (χ0v) is 14.5. The average Bonchev–Trinajstić information content (AvgIpc) is 2.50. The van der Waals surface area contributed by atoms with Crippen molar-refractivity contribution in [1.29, 1.82) is 0 Å². The van der Waals surface area contributed by atoms with Gasteiger partial charge in [0.25, 0.3) is 0 Å². The Morgan fingerprint density at radius 1 is 1.26 bits per heavy atom. The SMILES string of the molecule is COc1ccc(S(=O)(=O)N2CC(CN3CCOCC3)C2)c(C)c1. The van der Waals surface area contributed by atoms with E-state index >= 15 is 0 Å². The molecule has 0 aliphatic carbocycles. The second-order valence-electron chi connectivity index (χ2n) is 6.23. The molecule has 0 bridgehead atoms. The van der Waals surface area contributed by atoms with E-state index in [4.69, 9.17) is 9.47 Å². The van der Waals surface area contributed by atoms with Crippen LogP contribution >= 0.6 is 0 Å². The molecular weight excluding hydrogens is 316 g/mol. The highest BCUT2D eigenvalue weighted by atomic mass is 32.2. The van der Waals surface area contributed by atoms with E-state index in [1.54, 1.807) is 36.5 Å². The van der Waals surface area contributed by atoms with Crippen LogP contribution in [0.4, 0.5) is 0 Å². The van der Waals surface area contributed by atoms with Gasteiger partial charge in [-0.05, 0) is 36.6 Å². The molecule has 2 aliphatic rings. The number of methoxy groups -OCH3 is 1. The standard InChI is InChI=1S/C16H24N2O4S/c1-13-9-15(21-2)3-4-16(13)23(19,20)18-11-14(12-18)10-17-5-7-22-8-6-17/h3-4,9,14H,5-8,10-12H2,1-2H3. The number of aryl methyl sites for hydroxylation is 1. The maximum absolute atomic E-state index is 12.7. The smallest absolute Gasteiger partial charge is 0.243 e. The van der Waals surface area contributed by atoms with E-state index in [1.807, 2.05) is 0 Å². The number of morpholine rings is 1. The highest BCUT2D eigenvalue weighted by Crippen LogP contribution is 2.29. The zero-order valence-electron chi connectivity index (χ0n) is 13.7. The van der Waals surface area contributed by atoms with E-state index in [2.05, 4.69) is 4.90 Å². The second-order valence-corrected chi connectivity index (χ2v) is 8.14. The Hall–Kier alpha value is -1.15. The molecule has 6 nitrogen and oxygen atoms in total. The molecule has 128 valence electrons. The van der Waals surface area contributed by atoms with Gasteiger partial charge in [0, 0.05) is 32.7 Å². The van der Waals surface area contributed by atoms with Gasteiger partial charge in [0.15, 0.2) is 0 Å². The number of rotatable bonds is 5. The lowest BCUT2D eigenvalue weighted by molar-refractivity contribution is 0.0192. The van der Waals surface area contributed by atoms with Crippen molar-refractivity contribution in [1.82, 2.24) is 9.21 Å². The quantitative estimate of drug-likeness (QED) is 0.799. The maximum atomic E-state index is 12.7. The van der Waals surface area contributed by atoms with E-state index in [1.165, 1.54) is 0 Å². The topological polar surface area (TPSA) is 59.1 Å². The van der Waals surface area contributed by atoms with Gasteiger partial charge in [-0.15, -0.1) is 0 Å². The summed E-state index contributed by atoms with van der Waals surface area (Å²) >= 11 is 0. The largest absolute Gasteiger partial charge is 0.497 e. The van der Waals surface area contributed by atoms with Crippen LogP contribution in [0.5, 0.6) is 5.75 Å². The molecule has 0 atom stereocenters. The first-order valence-corrected chi connectivity index (χ1v) is 9.39. The summed E-state index contributed by atoms with van der Waals surface area (Å²) in [4.78, 5) is 2.74. The van der Waals surface area contributed by atoms with Crippen LogP contribution in [0.2, 0.25) is 0 Å². The Balaban J connectivity index is 1.61. The normalized spacial score (nSPS) is 21.1. The molecule has 2 fully saturated rings. The zero-order chi connectivity index (χ0) is 16.4. The summed E-state index contributed by atoms with van der Waals surface area (Å²) in [7, 11) is -1.82. The first kappa shape index (κ1) is 16.7. The summed E-state index contributed by atoms with van der Waals surface area (Å²) in [5, 5.41) is 0. The van der Waals surface area contributed by atoms with Gasteiger partial charge in [-0.1, -0.05) is 0 Å². The summed E-state index contributed by atoms with van der Waals surface area (Å²) in [6.45, 7) is 7.41. The van der Waals surface area contributed by atoms with Crippen molar-refractivity contribution in [2.75, 3.05) is 53.0 Å². The molecule has 2 aliphatic heterocycles. The minimum atomic E-state index is -3.40. The van der Waals surface area contributed by atoms with Gasteiger partial charge in [-0.3, -0.25) is 4.90 Å². The Labute approximate surface area is 138 Å². The average molecular weight is 340 g/mol. The third kappa shape index (κ3) is 3.52. The van der Waals surface area contributed by atoms with Crippen LogP contribution in [0, 0.1) is 12.8 Å². The molecule has 0 amide bonds.